The summed E-state index contributed by atoms with van der Waals surface area (Å²) in [5.74, 6) is -0.325. The lowest BCUT2D eigenvalue weighted by Crippen LogP contribution is -2.31. The van der Waals surface area contributed by atoms with E-state index in [1.165, 1.54) is 23.1 Å². The Morgan fingerprint density at radius 1 is 1.07 bits per heavy atom. The number of carbonyl (C=O) groups is 1. The summed E-state index contributed by atoms with van der Waals surface area (Å²) in [6, 6.07) is 15.2. The first-order valence-corrected chi connectivity index (χ1v) is 11.1. The Balaban J connectivity index is 2.27. The van der Waals surface area contributed by atoms with E-state index in [1.54, 1.807) is 19.9 Å². The number of hydrogen-bond acceptors (Lipinski definition) is 6. The van der Waals surface area contributed by atoms with Crippen LogP contribution < -0.4 is 4.90 Å². The minimum absolute atomic E-state index is 0.0618. The quantitative estimate of drug-likeness (QED) is 0.295. The van der Waals surface area contributed by atoms with Gasteiger partial charge in [0.1, 0.15) is 0 Å². The number of non-ortho nitro benzene ring substituents is 1. The molecule has 0 aromatic heterocycles. The predicted molar refractivity (Wildman–Crippen MR) is 111 cm³/mol. The third-order valence-corrected chi connectivity index (χ3v) is 6.16. The molecule has 156 valence electrons. The van der Waals surface area contributed by atoms with E-state index in [4.69, 9.17) is 9.05 Å². The molecule has 9 heteroatoms. The lowest BCUT2D eigenvalue weighted by Gasteiger charge is -2.24. The average molecular weight is 420 g/mol. The van der Waals surface area contributed by atoms with Gasteiger partial charge in [-0.15, -0.1) is 0 Å². The Morgan fingerprint density at radius 2 is 1.72 bits per heavy atom. The van der Waals surface area contributed by atoms with Gasteiger partial charge in [-0.2, -0.15) is 0 Å². The van der Waals surface area contributed by atoms with Crippen LogP contribution in [0.4, 0.5) is 11.4 Å². The van der Waals surface area contributed by atoms with Crippen molar-refractivity contribution in [1.82, 2.24) is 0 Å². The number of anilines is 1. The summed E-state index contributed by atoms with van der Waals surface area (Å²) >= 11 is 0. The SMILES string of the molecule is CCOP(=O)(CCC(=O)N(Cc1ccccc1)c1cccc([N+](=O)[O-])c1)OCC. The zero-order chi connectivity index (χ0) is 21.3. The molecule has 29 heavy (non-hydrogen) atoms. The molecule has 2 aromatic rings. The zero-order valence-electron chi connectivity index (χ0n) is 16.5. The first kappa shape index (κ1) is 22.7. The number of hydrogen-bond donors (Lipinski definition) is 0. The molecule has 1 amide bonds. The van der Waals surface area contributed by atoms with Gasteiger partial charge in [-0.3, -0.25) is 19.5 Å². The number of nitro benzene ring substituents is 1. The third kappa shape index (κ3) is 6.78. The van der Waals surface area contributed by atoms with Gasteiger partial charge in [0.05, 0.1) is 36.5 Å². The third-order valence-electron chi connectivity index (χ3n) is 4.09. The van der Waals surface area contributed by atoms with Gasteiger partial charge >= 0.3 is 7.60 Å². The highest BCUT2D eigenvalue weighted by atomic mass is 31.2. The smallest absolute Gasteiger partial charge is 0.309 e. The van der Waals surface area contributed by atoms with Gasteiger partial charge in [0.25, 0.3) is 5.69 Å². The van der Waals surface area contributed by atoms with Crippen molar-refractivity contribution in [2.45, 2.75) is 26.8 Å². The second kappa shape index (κ2) is 10.9. The Bertz CT molecular complexity index is 864. The van der Waals surface area contributed by atoms with E-state index in [-0.39, 0.29) is 43.9 Å². The van der Waals surface area contributed by atoms with Crippen LogP contribution >= 0.6 is 7.60 Å². The van der Waals surface area contributed by atoms with Crippen molar-refractivity contribution in [3.05, 3.63) is 70.3 Å². The largest absolute Gasteiger partial charge is 0.331 e. The predicted octanol–water partition coefficient (Wildman–Crippen LogP) is 4.78. The maximum atomic E-state index is 13.0. The molecule has 0 N–H and O–H groups in total. The van der Waals surface area contributed by atoms with Gasteiger partial charge < -0.3 is 13.9 Å². The average Bonchev–Trinajstić information content (AvgIpc) is 2.71. The fraction of sp³-hybridized carbons (Fsp3) is 0.350. The fourth-order valence-corrected chi connectivity index (χ4v) is 4.38. The first-order valence-electron chi connectivity index (χ1n) is 9.35. The van der Waals surface area contributed by atoms with Crippen LogP contribution in [0.25, 0.3) is 0 Å². The zero-order valence-corrected chi connectivity index (χ0v) is 17.4. The molecule has 0 aliphatic rings. The maximum absolute atomic E-state index is 13.0. The highest BCUT2D eigenvalue weighted by molar-refractivity contribution is 7.53. The van der Waals surface area contributed by atoms with Crippen molar-refractivity contribution >= 4 is 24.9 Å². The number of amides is 1. The van der Waals surface area contributed by atoms with E-state index >= 15 is 0 Å². The molecule has 0 aliphatic carbocycles. The minimum Gasteiger partial charge on any atom is -0.309 e. The number of carbonyl (C=O) groups excluding carboxylic acids is 1. The molecule has 0 spiro atoms. The van der Waals surface area contributed by atoms with E-state index in [1.807, 2.05) is 30.3 Å². The molecule has 0 heterocycles. The molecular formula is C20H25N2O6P. The maximum Gasteiger partial charge on any atom is 0.331 e. The van der Waals surface area contributed by atoms with Gasteiger partial charge in [0.2, 0.25) is 5.91 Å². The van der Waals surface area contributed by atoms with Gasteiger partial charge in [0.15, 0.2) is 0 Å². The molecule has 0 bridgehead atoms. The number of nitro groups is 1. The highest BCUT2D eigenvalue weighted by Gasteiger charge is 2.27. The topological polar surface area (TPSA) is 99.0 Å². The normalized spacial score (nSPS) is 11.2. The van der Waals surface area contributed by atoms with E-state index in [9.17, 15) is 19.5 Å². The van der Waals surface area contributed by atoms with Crippen LogP contribution in [0.3, 0.4) is 0 Å². The molecule has 2 aromatic carbocycles. The number of rotatable bonds is 11. The Labute approximate surface area is 170 Å². The summed E-state index contributed by atoms with van der Waals surface area (Å²) in [5, 5.41) is 11.1. The molecule has 8 nitrogen and oxygen atoms in total. The van der Waals surface area contributed by atoms with E-state index < -0.39 is 12.5 Å². The summed E-state index contributed by atoms with van der Waals surface area (Å²) in [4.78, 5) is 25.1. The molecule has 0 radical (unpaired) electrons. The molecule has 0 unspecified atom stereocenters. The van der Waals surface area contributed by atoms with Crippen LogP contribution in [0.2, 0.25) is 0 Å². The molecule has 2 rings (SSSR count). The summed E-state index contributed by atoms with van der Waals surface area (Å²) in [6.07, 6.45) is -0.138. The van der Waals surface area contributed by atoms with Crippen molar-refractivity contribution in [3.8, 4) is 0 Å². The fourth-order valence-electron chi connectivity index (χ4n) is 2.79. The Kier molecular flexibility index (Phi) is 8.51. The van der Waals surface area contributed by atoms with Crippen LogP contribution in [-0.4, -0.2) is 30.2 Å². The monoisotopic (exact) mass is 420 g/mol. The molecule has 0 saturated heterocycles. The number of nitrogens with zero attached hydrogens (tertiary/aromatic N) is 2. The lowest BCUT2D eigenvalue weighted by molar-refractivity contribution is -0.384. The second-order valence-corrected chi connectivity index (χ2v) is 8.35. The van der Waals surface area contributed by atoms with Crippen molar-refractivity contribution in [2.75, 3.05) is 24.3 Å². The molecule has 0 atom stereocenters. The Morgan fingerprint density at radius 3 is 2.31 bits per heavy atom. The van der Waals surface area contributed by atoms with Crippen LogP contribution in [0.5, 0.6) is 0 Å². The summed E-state index contributed by atoms with van der Waals surface area (Å²) in [6.45, 7) is 4.07. The van der Waals surface area contributed by atoms with Crippen LogP contribution in [0.15, 0.2) is 54.6 Å². The van der Waals surface area contributed by atoms with Gasteiger partial charge in [-0.25, -0.2) is 0 Å². The van der Waals surface area contributed by atoms with Gasteiger partial charge in [0, 0.05) is 18.6 Å². The minimum atomic E-state index is -3.37. The molecule has 0 aliphatic heterocycles. The Hall–Kier alpha value is -2.54. The highest BCUT2D eigenvalue weighted by Crippen LogP contribution is 2.48. The van der Waals surface area contributed by atoms with E-state index in [2.05, 4.69) is 0 Å². The summed E-state index contributed by atoms with van der Waals surface area (Å²) in [5.41, 5.74) is 1.16. The summed E-state index contributed by atoms with van der Waals surface area (Å²) < 4.78 is 23.2. The van der Waals surface area contributed by atoms with Gasteiger partial charge in [-0.05, 0) is 25.5 Å². The van der Waals surface area contributed by atoms with Crippen LogP contribution in [-0.2, 0) is 25.0 Å². The second-order valence-electron chi connectivity index (χ2n) is 6.16. The van der Waals surface area contributed by atoms with Crippen LogP contribution in [0, 0.1) is 10.1 Å². The van der Waals surface area contributed by atoms with Crippen molar-refractivity contribution in [2.24, 2.45) is 0 Å². The molecule has 0 fully saturated rings. The lowest BCUT2D eigenvalue weighted by atomic mass is 10.1. The van der Waals surface area contributed by atoms with Crippen LogP contribution in [0.1, 0.15) is 25.8 Å². The van der Waals surface area contributed by atoms with E-state index in [0.717, 1.165) is 5.56 Å². The van der Waals surface area contributed by atoms with Crippen molar-refractivity contribution in [1.29, 1.82) is 0 Å². The first-order chi connectivity index (χ1) is 13.9. The summed E-state index contributed by atoms with van der Waals surface area (Å²) in [7, 11) is -3.37. The standard InChI is InChI=1S/C20H25N2O6P/c1-3-27-29(26,28-4-2)14-13-20(23)21(16-17-9-6-5-7-10-17)18-11-8-12-19(15-18)22(24)25/h5-12,15H,3-4,13-14,16H2,1-2H3. The number of benzene rings is 2. The van der Waals surface area contributed by atoms with Crippen molar-refractivity contribution in [3.63, 3.8) is 0 Å². The van der Waals surface area contributed by atoms with Gasteiger partial charge in [-0.1, -0.05) is 36.4 Å². The molecule has 0 saturated carbocycles. The van der Waals surface area contributed by atoms with E-state index in [0.29, 0.717) is 5.69 Å². The molecular weight excluding hydrogens is 395 g/mol. The van der Waals surface area contributed by atoms with Crippen molar-refractivity contribution < 1.29 is 23.3 Å².